The summed E-state index contributed by atoms with van der Waals surface area (Å²) >= 11 is 0. The molecule has 25 heavy (non-hydrogen) atoms. The summed E-state index contributed by atoms with van der Waals surface area (Å²) in [6.45, 7) is 8.26. The first kappa shape index (κ1) is 19.7. The van der Waals surface area contributed by atoms with Crippen LogP contribution in [0.3, 0.4) is 0 Å². The summed E-state index contributed by atoms with van der Waals surface area (Å²) in [6.07, 6.45) is 19.9. The Hall–Kier alpha value is -0.0400. The lowest BCUT2D eigenvalue weighted by Gasteiger charge is -2.47. The first-order chi connectivity index (χ1) is 12.0. The van der Waals surface area contributed by atoms with Crippen LogP contribution in [0.15, 0.2) is 0 Å². The molecule has 0 heterocycles. The van der Waals surface area contributed by atoms with Crippen molar-refractivity contribution in [2.75, 3.05) is 6.61 Å². The zero-order valence-corrected chi connectivity index (χ0v) is 17.4. The Bertz CT molecular complexity index is 418. The minimum absolute atomic E-state index is 0.378. The van der Waals surface area contributed by atoms with Gasteiger partial charge in [0.2, 0.25) is 0 Å². The largest absolute Gasteiger partial charge is 0.396 e. The summed E-state index contributed by atoms with van der Waals surface area (Å²) in [7, 11) is 0. The van der Waals surface area contributed by atoms with Crippen molar-refractivity contribution in [2.45, 2.75) is 111 Å². The second kappa shape index (κ2) is 8.32. The first-order valence-corrected chi connectivity index (χ1v) is 11.6. The van der Waals surface area contributed by atoms with Crippen molar-refractivity contribution in [2.24, 2.45) is 34.5 Å². The number of hydrogen-bond acceptors (Lipinski definition) is 1. The second-order valence-corrected chi connectivity index (χ2v) is 10.6. The lowest BCUT2D eigenvalue weighted by Crippen LogP contribution is -2.37. The van der Waals surface area contributed by atoms with E-state index in [4.69, 9.17) is 5.11 Å². The Labute approximate surface area is 157 Å². The van der Waals surface area contributed by atoms with Gasteiger partial charge in [0.15, 0.2) is 0 Å². The third kappa shape index (κ3) is 4.12. The zero-order chi connectivity index (χ0) is 17.9. The maximum atomic E-state index is 9.17. The molecule has 3 rings (SSSR count). The molecule has 3 aliphatic carbocycles. The summed E-state index contributed by atoms with van der Waals surface area (Å²) < 4.78 is 0. The van der Waals surface area contributed by atoms with Gasteiger partial charge in [-0.1, -0.05) is 52.9 Å². The highest BCUT2D eigenvalue weighted by atomic mass is 16.2. The predicted molar refractivity (Wildman–Crippen MR) is 108 cm³/mol. The number of fused-ring (bicyclic) bond motifs is 2. The molecule has 146 valence electrons. The molecule has 3 fully saturated rings. The molecule has 4 unspecified atom stereocenters. The molecule has 0 spiro atoms. The topological polar surface area (TPSA) is 20.2 Å². The van der Waals surface area contributed by atoms with Crippen molar-refractivity contribution in [3.05, 3.63) is 0 Å². The van der Waals surface area contributed by atoms with Crippen LogP contribution in [0, 0.1) is 34.5 Å². The summed E-state index contributed by atoms with van der Waals surface area (Å²) in [5.74, 6) is 3.80. The Balaban J connectivity index is 1.72. The molecular weight excluding hydrogens is 304 g/mol. The number of unbranched alkanes of at least 4 members (excludes halogenated alkanes) is 1. The van der Waals surface area contributed by atoms with E-state index in [-0.39, 0.29) is 0 Å². The molecule has 0 aromatic carbocycles. The maximum absolute atomic E-state index is 9.17. The van der Waals surface area contributed by atoms with Crippen LogP contribution in [0.25, 0.3) is 0 Å². The van der Waals surface area contributed by atoms with E-state index in [1.54, 1.807) is 0 Å². The molecule has 0 amide bonds. The Kier molecular flexibility index (Phi) is 6.56. The number of rotatable bonds is 4. The van der Waals surface area contributed by atoms with Crippen molar-refractivity contribution in [3.63, 3.8) is 0 Å². The lowest BCUT2D eigenvalue weighted by molar-refractivity contribution is 0.0357. The lowest BCUT2D eigenvalue weighted by atomic mass is 9.58. The van der Waals surface area contributed by atoms with Gasteiger partial charge in [0.25, 0.3) is 0 Å². The van der Waals surface area contributed by atoms with E-state index in [1.807, 2.05) is 0 Å². The van der Waals surface area contributed by atoms with Gasteiger partial charge in [-0.25, -0.2) is 0 Å². The van der Waals surface area contributed by atoms with Crippen LogP contribution >= 0.6 is 0 Å². The summed E-state index contributed by atoms with van der Waals surface area (Å²) in [6, 6.07) is 0. The summed E-state index contributed by atoms with van der Waals surface area (Å²) in [5.41, 5.74) is 1.22. The van der Waals surface area contributed by atoms with E-state index >= 15 is 0 Å². The van der Waals surface area contributed by atoms with Crippen molar-refractivity contribution < 1.29 is 5.11 Å². The van der Waals surface area contributed by atoms with Gasteiger partial charge in [0, 0.05) is 6.61 Å². The van der Waals surface area contributed by atoms with E-state index in [2.05, 4.69) is 20.8 Å². The Morgan fingerprint density at radius 1 is 0.840 bits per heavy atom. The Morgan fingerprint density at radius 2 is 1.64 bits per heavy atom. The van der Waals surface area contributed by atoms with Crippen LogP contribution in [-0.4, -0.2) is 11.7 Å². The van der Waals surface area contributed by atoms with Crippen LogP contribution < -0.4 is 0 Å². The van der Waals surface area contributed by atoms with Gasteiger partial charge < -0.3 is 5.11 Å². The van der Waals surface area contributed by atoms with E-state index in [0.717, 1.165) is 30.1 Å². The van der Waals surface area contributed by atoms with E-state index in [0.29, 0.717) is 17.4 Å². The predicted octanol–water partition coefficient (Wildman–Crippen LogP) is 6.98. The van der Waals surface area contributed by atoms with Crippen LogP contribution in [0.2, 0.25) is 0 Å². The van der Waals surface area contributed by atoms with Gasteiger partial charge >= 0.3 is 0 Å². The molecule has 1 heteroatoms. The van der Waals surface area contributed by atoms with Gasteiger partial charge in [0.05, 0.1) is 0 Å². The summed E-state index contributed by atoms with van der Waals surface area (Å²) in [4.78, 5) is 0. The quantitative estimate of drug-likeness (QED) is 0.543. The molecule has 1 N–H and O–H groups in total. The van der Waals surface area contributed by atoms with Crippen LogP contribution in [0.5, 0.6) is 0 Å². The molecule has 1 nitrogen and oxygen atoms in total. The van der Waals surface area contributed by atoms with E-state index in [1.165, 1.54) is 83.5 Å². The van der Waals surface area contributed by atoms with E-state index in [9.17, 15) is 0 Å². The molecule has 3 aliphatic rings. The fourth-order valence-electron chi connectivity index (χ4n) is 7.48. The SMILES string of the molecule is CC1CCC2CCCC[C@]2(C)CCC[C@]2(C)C(CCCCO)CCC12. The maximum Gasteiger partial charge on any atom is 0.0431 e. The Morgan fingerprint density at radius 3 is 2.44 bits per heavy atom. The molecular formula is C24H44O. The normalized spacial score (nSPS) is 45.6. The van der Waals surface area contributed by atoms with Gasteiger partial charge in [-0.15, -0.1) is 0 Å². The third-order valence-electron chi connectivity index (χ3n) is 9.22. The van der Waals surface area contributed by atoms with Crippen LogP contribution in [0.4, 0.5) is 0 Å². The molecule has 0 aromatic rings. The molecule has 0 radical (unpaired) electrons. The highest BCUT2D eigenvalue weighted by Crippen LogP contribution is 2.58. The van der Waals surface area contributed by atoms with Crippen molar-refractivity contribution in [3.8, 4) is 0 Å². The molecule has 0 aliphatic heterocycles. The monoisotopic (exact) mass is 348 g/mol. The second-order valence-electron chi connectivity index (χ2n) is 10.6. The minimum atomic E-state index is 0.378. The first-order valence-electron chi connectivity index (χ1n) is 11.6. The highest BCUT2D eigenvalue weighted by Gasteiger charge is 2.48. The van der Waals surface area contributed by atoms with Gasteiger partial charge in [-0.05, 0) is 92.3 Å². The molecule has 0 saturated heterocycles. The third-order valence-corrected chi connectivity index (χ3v) is 9.22. The molecule has 0 bridgehead atoms. The minimum Gasteiger partial charge on any atom is -0.396 e. The molecule has 0 aromatic heterocycles. The fourth-order valence-corrected chi connectivity index (χ4v) is 7.48. The summed E-state index contributed by atoms with van der Waals surface area (Å²) in [5, 5.41) is 9.17. The number of aliphatic hydroxyl groups excluding tert-OH is 1. The van der Waals surface area contributed by atoms with Gasteiger partial charge in [-0.3, -0.25) is 0 Å². The van der Waals surface area contributed by atoms with Gasteiger partial charge in [0.1, 0.15) is 0 Å². The molecule has 3 saturated carbocycles. The average Bonchev–Trinajstić information content (AvgIpc) is 2.90. The average molecular weight is 349 g/mol. The van der Waals surface area contributed by atoms with Gasteiger partial charge in [-0.2, -0.15) is 0 Å². The number of hydrogen-bond donors (Lipinski definition) is 1. The van der Waals surface area contributed by atoms with Crippen molar-refractivity contribution in [1.82, 2.24) is 0 Å². The van der Waals surface area contributed by atoms with Crippen LogP contribution in [0.1, 0.15) is 111 Å². The van der Waals surface area contributed by atoms with Crippen molar-refractivity contribution >= 4 is 0 Å². The fraction of sp³-hybridized carbons (Fsp3) is 1.00. The molecule has 6 atom stereocenters. The van der Waals surface area contributed by atoms with Crippen molar-refractivity contribution in [1.29, 1.82) is 0 Å². The highest BCUT2D eigenvalue weighted by molar-refractivity contribution is 4.98. The standard InChI is InChI=1S/C24H44O/c1-19-11-12-20-9-4-6-15-23(20,2)16-8-17-24(3)21(10-5-7-18-25)13-14-22(19)24/h19-22,25H,4-18H2,1-3H3/t19?,20?,21?,22?,23-,24-/m1/s1. The number of aliphatic hydroxyl groups is 1. The van der Waals surface area contributed by atoms with Crippen LogP contribution in [-0.2, 0) is 0 Å². The van der Waals surface area contributed by atoms with E-state index < -0.39 is 0 Å². The zero-order valence-electron chi connectivity index (χ0n) is 17.4. The smallest absolute Gasteiger partial charge is 0.0431 e.